The number of hydrogen-bond acceptors (Lipinski definition) is 4. The fourth-order valence-corrected chi connectivity index (χ4v) is 3.81. The molecule has 1 atom stereocenters. The second-order valence-corrected chi connectivity index (χ2v) is 7.32. The number of benzene rings is 2. The molecule has 1 saturated heterocycles. The Morgan fingerprint density at radius 2 is 2.10 bits per heavy atom. The average Bonchev–Trinajstić information content (AvgIpc) is 3.21. The lowest BCUT2D eigenvalue weighted by Gasteiger charge is -2.32. The highest BCUT2D eigenvalue weighted by molar-refractivity contribution is 5.98. The van der Waals surface area contributed by atoms with Crippen LogP contribution in [0.25, 0.3) is 10.9 Å². The van der Waals surface area contributed by atoms with Crippen molar-refractivity contribution in [3.05, 3.63) is 59.8 Å². The number of fused-ring (bicyclic) bond motifs is 1. The summed E-state index contributed by atoms with van der Waals surface area (Å²) in [5.41, 5.74) is 2.13. The van der Waals surface area contributed by atoms with E-state index in [0.29, 0.717) is 35.9 Å². The summed E-state index contributed by atoms with van der Waals surface area (Å²) in [6.45, 7) is 1.91. The van der Waals surface area contributed by atoms with E-state index in [1.54, 1.807) is 25.3 Å². The minimum absolute atomic E-state index is 0.0295. The Kier molecular flexibility index (Phi) is 5.39. The number of rotatable bonds is 5. The van der Waals surface area contributed by atoms with E-state index >= 15 is 0 Å². The van der Waals surface area contributed by atoms with Crippen molar-refractivity contribution in [2.75, 3.05) is 26.8 Å². The van der Waals surface area contributed by atoms with Crippen LogP contribution < -0.4 is 9.47 Å². The molecule has 0 bridgehead atoms. The van der Waals surface area contributed by atoms with E-state index in [9.17, 15) is 4.79 Å². The van der Waals surface area contributed by atoms with Crippen LogP contribution in [0, 0.1) is 17.2 Å². The molecule has 0 aliphatic carbocycles. The van der Waals surface area contributed by atoms with Gasteiger partial charge in [0.15, 0.2) is 11.5 Å². The number of ether oxygens (including phenoxy) is 2. The number of methoxy groups -OCH3 is 1. The van der Waals surface area contributed by atoms with Crippen molar-refractivity contribution in [2.45, 2.75) is 12.8 Å². The molecule has 6 heteroatoms. The van der Waals surface area contributed by atoms with Crippen LogP contribution in [0.1, 0.15) is 28.9 Å². The van der Waals surface area contributed by atoms with Crippen molar-refractivity contribution >= 4 is 16.8 Å². The molecular formula is C23H23N3O3. The van der Waals surface area contributed by atoms with Crippen LogP contribution in [0.4, 0.5) is 0 Å². The predicted octanol–water partition coefficient (Wildman–Crippen LogP) is 3.98. The standard InChI is InChI=1S/C23H23N3O3/c1-28-22-11-16(13-24)8-9-21(22)29-15-17-5-4-10-26(14-17)23(27)20-12-18-6-2-3-7-19(18)25-20/h2-3,6-9,11-12,17,25H,4-5,10,14-15H2,1H3. The molecule has 0 saturated carbocycles. The third-order valence-electron chi connectivity index (χ3n) is 5.33. The summed E-state index contributed by atoms with van der Waals surface area (Å²) in [6.07, 6.45) is 1.96. The molecule has 6 nitrogen and oxygen atoms in total. The molecule has 1 fully saturated rings. The van der Waals surface area contributed by atoms with Crippen LogP contribution >= 0.6 is 0 Å². The summed E-state index contributed by atoms with van der Waals surface area (Å²) in [5.74, 6) is 1.44. The second-order valence-electron chi connectivity index (χ2n) is 7.32. The van der Waals surface area contributed by atoms with Gasteiger partial charge >= 0.3 is 0 Å². The number of aromatic amines is 1. The fraction of sp³-hybridized carbons (Fsp3) is 0.304. The summed E-state index contributed by atoms with van der Waals surface area (Å²) in [6, 6.07) is 17.1. The van der Waals surface area contributed by atoms with E-state index in [0.717, 1.165) is 30.3 Å². The zero-order valence-corrected chi connectivity index (χ0v) is 16.4. The normalized spacial score (nSPS) is 16.4. The van der Waals surface area contributed by atoms with Crippen molar-refractivity contribution in [3.8, 4) is 17.6 Å². The van der Waals surface area contributed by atoms with E-state index in [-0.39, 0.29) is 11.8 Å². The van der Waals surface area contributed by atoms with E-state index in [1.165, 1.54) is 0 Å². The van der Waals surface area contributed by atoms with E-state index in [4.69, 9.17) is 14.7 Å². The van der Waals surface area contributed by atoms with Crippen molar-refractivity contribution in [1.29, 1.82) is 5.26 Å². The Labute approximate surface area is 169 Å². The van der Waals surface area contributed by atoms with Crippen molar-refractivity contribution in [1.82, 2.24) is 9.88 Å². The number of hydrogen-bond donors (Lipinski definition) is 1. The zero-order chi connectivity index (χ0) is 20.2. The van der Waals surface area contributed by atoms with Crippen LogP contribution in [0.3, 0.4) is 0 Å². The Hall–Kier alpha value is -3.46. The molecule has 2 heterocycles. The van der Waals surface area contributed by atoms with Crippen LogP contribution in [-0.2, 0) is 0 Å². The van der Waals surface area contributed by atoms with E-state index < -0.39 is 0 Å². The molecule has 2 aromatic carbocycles. The lowest BCUT2D eigenvalue weighted by molar-refractivity contribution is 0.0627. The lowest BCUT2D eigenvalue weighted by Crippen LogP contribution is -2.41. The van der Waals surface area contributed by atoms with Gasteiger partial charge in [-0.3, -0.25) is 4.79 Å². The van der Waals surface area contributed by atoms with Gasteiger partial charge in [0, 0.05) is 36.0 Å². The molecule has 1 amide bonds. The maximum atomic E-state index is 13.0. The molecule has 3 aromatic rings. The maximum absolute atomic E-state index is 13.0. The van der Waals surface area contributed by atoms with Gasteiger partial charge in [-0.2, -0.15) is 5.26 Å². The quantitative estimate of drug-likeness (QED) is 0.716. The first-order valence-corrected chi connectivity index (χ1v) is 9.76. The van der Waals surface area contributed by atoms with E-state index in [2.05, 4.69) is 11.1 Å². The number of amides is 1. The number of H-pyrrole nitrogens is 1. The minimum Gasteiger partial charge on any atom is -0.493 e. The van der Waals surface area contributed by atoms with Gasteiger partial charge in [-0.25, -0.2) is 0 Å². The monoisotopic (exact) mass is 389 g/mol. The van der Waals surface area contributed by atoms with Crippen LogP contribution in [-0.4, -0.2) is 42.6 Å². The second kappa shape index (κ2) is 8.27. The Balaban J connectivity index is 1.41. The van der Waals surface area contributed by atoms with Gasteiger partial charge in [0.05, 0.1) is 25.3 Å². The number of likely N-dealkylation sites (tertiary alicyclic amines) is 1. The summed E-state index contributed by atoms with van der Waals surface area (Å²) >= 11 is 0. The smallest absolute Gasteiger partial charge is 0.270 e. The van der Waals surface area contributed by atoms with E-state index in [1.807, 2.05) is 35.2 Å². The Bertz CT molecular complexity index is 1030. The largest absolute Gasteiger partial charge is 0.493 e. The number of aromatic nitrogens is 1. The predicted molar refractivity (Wildman–Crippen MR) is 110 cm³/mol. The highest BCUT2D eigenvalue weighted by Crippen LogP contribution is 2.29. The van der Waals surface area contributed by atoms with Gasteiger partial charge in [0.25, 0.3) is 5.91 Å². The van der Waals surface area contributed by atoms with Gasteiger partial charge < -0.3 is 19.4 Å². The zero-order valence-electron chi connectivity index (χ0n) is 16.4. The molecule has 0 radical (unpaired) electrons. The fourth-order valence-electron chi connectivity index (χ4n) is 3.81. The molecule has 1 unspecified atom stereocenters. The topological polar surface area (TPSA) is 78.3 Å². The van der Waals surface area contributed by atoms with Crippen molar-refractivity contribution < 1.29 is 14.3 Å². The lowest BCUT2D eigenvalue weighted by atomic mass is 9.98. The number of nitrogens with one attached hydrogen (secondary N) is 1. The first kappa shape index (κ1) is 18.9. The summed E-state index contributed by atoms with van der Waals surface area (Å²) in [5, 5.41) is 10.1. The summed E-state index contributed by atoms with van der Waals surface area (Å²) < 4.78 is 11.3. The van der Waals surface area contributed by atoms with Crippen molar-refractivity contribution in [3.63, 3.8) is 0 Å². The van der Waals surface area contributed by atoms with Crippen LogP contribution in [0.2, 0.25) is 0 Å². The summed E-state index contributed by atoms with van der Waals surface area (Å²) in [4.78, 5) is 18.1. The van der Waals surface area contributed by atoms with Gasteiger partial charge in [0.1, 0.15) is 5.69 Å². The number of piperidine rings is 1. The number of nitrogens with zero attached hydrogens (tertiary/aromatic N) is 2. The molecular weight excluding hydrogens is 366 g/mol. The molecule has 1 N–H and O–H groups in total. The van der Waals surface area contributed by atoms with Crippen molar-refractivity contribution in [2.24, 2.45) is 5.92 Å². The Morgan fingerprint density at radius 1 is 1.24 bits per heavy atom. The molecule has 29 heavy (non-hydrogen) atoms. The third kappa shape index (κ3) is 4.04. The SMILES string of the molecule is COc1cc(C#N)ccc1OCC1CCCN(C(=O)c2cc3ccccc3[nH]2)C1. The summed E-state index contributed by atoms with van der Waals surface area (Å²) in [7, 11) is 1.56. The van der Waals surface area contributed by atoms with Crippen LogP contribution in [0.15, 0.2) is 48.5 Å². The molecule has 1 aliphatic heterocycles. The number of carbonyl (C=O) groups excluding carboxylic acids is 1. The average molecular weight is 389 g/mol. The highest BCUT2D eigenvalue weighted by Gasteiger charge is 2.26. The van der Waals surface area contributed by atoms with Crippen LogP contribution in [0.5, 0.6) is 11.5 Å². The molecule has 1 aromatic heterocycles. The van der Waals surface area contributed by atoms with Gasteiger partial charge in [0.2, 0.25) is 0 Å². The van der Waals surface area contributed by atoms with Gasteiger partial charge in [-0.15, -0.1) is 0 Å². The molecule has 148 valence electrons. The molecule has 0 spiro atoms. The number of para-hydroxylation sites is 1. The molecule has 4 rings (SSSR count). The van der Waals surface area contributed by atoms with Gasteiger partial charge in [-0.05, 0) is 37.1 Å². The number of carbonyl (C=O) groups is 1. The minimum atomic E-state index is 0.0295. The first-order chi connectivity index (χ1) is 14.2. The highest BCUT2D eigenvalue weighted by atomic mass is 16.5. The first-order valence-electron chi connectivity index (χ1n) is 9.76. The number of nitriles is 1. The maximum Gasteiger partial charge on any atom is 0.270 e. The van der Waals surface area contributed by atoms with Gasteiger partial charge in [-0.1, -0.05) is 18.2 Å². The Morgan fingerprint density at radius 3 is 2.90 bits per heavy atom. The molecule has 1 aliphatic rings. The third-order valence-corrected chi connectivity index (χ3v) is 5.33.